The van der Waals surface area contributed by atoms with Crippen molar-refractivity contribution >= 4 is 22.9 Å². The van der Waals surface area contributed by atoms with Gasteiger partial charge in [0.25, 0.3) is 0 Å². The molecule has 0 bridgehead atoms. The molecule has 1 heterocycles. The number of rotatable bonds is 2. The highest BCUT2D eigenvalue weighted by Gasteiger charge is 2.37. The maximum atomic E-state index is 5.81. The SMILES string of the molecule is NCC1CC1c1ccc(Cl)s1. The second-order valence-electron chi connectivity index (χ2n) is 2.98. The Morgan fingerprint density at radius 3 is 2.91 bits per heavy atom. The van der Waals surface area contributed by atoms with E-state index in [1.54, 1.807) is 11.3 Å². The van der Waals surface area contributed by atoms with Crippen molar-refractivity contribution in [1.82, 2.24) is 0 Å². The van der Waals surface area contributed by atoms with Gasteiger partial charge in [-0.15, -0.1) is 11.3 Å². The van der Waals surface area contributed by atoms with Crippen LogP contribution in [0.5, 0.6) is 0 Å². The zero-order chi connectivity index (χ0) is 7.84. The monoisotopic (exact) mass is 187 g/mol. The van der Waals surface area contributed by atoms with Gasteiger partial charge in [0.05, 0.1) is 4.34 Å². The van der Waals surface area contributed by atoms with Crippen molar-refractivity contribution in [3.8, 4) is 0 Å². The molecule has 0 amide bonds. The molecule has 0 spiro atoms. The summed E-state index contributed by atoms with van der Waals surface area (Å²) in [5, 5.41) is 0. The summed E-state index contributed by atoms with van der Waals surface area (Å²) in [4.78, 5) is 1.41. The summed E-state index contributed by atoms with van der Waals surface area (Å²) in [6, 6.07) is 4.08. The Hall–Kier alpha value is -0.0500. The van der Waals surface area contributed by atoms with Crippen molar-refractivity contribution in [2.75, 3.05) is 6.54 Å². The highest BCUT2D eigenvalue weighted by Crippen LogP contribution is 2.49. The van der Waals surface area contributed by atoms with Gasteiger partial charge in [-0.3, -0.25) is 0 Å². The van der Waals surface area contributed by atoms with Crippen LogP contribution in [0.3, 0.4) is 0 Å². The molecule has 0 aromatic carbocycles. The molecule has 1 fully saturated rings. The number of thiophene rings is 1. The minimum atomic E-state index is 0.720. The van der Waals surface area contributed by atoms with Gasteiger partial charge >= 0.3 is 0 Å². The van der Waals surface area contributed by atoms with E-state index < -0.39 is 0 Å². The summed E-state index contributed by atoms with van der Waals surface area (Å²) in [7, 11) is 0. The molecule has 0 radical (unpaired) electrons. The third kappa shape index (κ3) is 1.43. The fourth-order valence-corrected chi connectivity index (χ4v) is 2.65. The first-order valence-corrected chi connectivity index (χ1v) is 4.96. The second-order valence-corrected chi connectivity index (χ2v) is 4.73. The van der Waals surface area contributed by atoms with Crippen LogP contribution in [0.25, 0.3) is 0 Å². The maximum Gasteiger partial charge on any atom is 0.0931 e. The zero-order valence-corrected chi connectivity index (χ0v) is 7.66. The van der Waals surface area contributed by atoms with E-state index in [4.69, 9.17) is 17.3 Å². The fraction of sp³-hybridized carbons (Fsp3) is 0.500. The van der Waals surface area contributed by atoms with E-state index in [-0.39, 0.29) is 0 Å². The third-order valence-electron chi connectivity index (χ3n) is 2.18. The van der Waals surface area contributed by atoms with Gasteiger partial charge in [0.1, 0.15) is 0 Å². The Labute approximate surface area is 75.2 Å². The molecule has 1 aliphatic rings. The highest BCUT2D eigenvalue weighted by atomic mass is 35.5. The molecule has 1 aromatic heterocycles. The van der Waals surface area contributed by atoms with Crippen LogP contribution in [-0.2, 0) is 0 Å². The Morgan fingerprint density at radius 1 is 1.64 bits per heavy atom. The van der Waals surface area contributed by atoms with Crippen molar-refractivity contribution in [3.63, 3.8) is 0 Å². The number of hydrogen-bond donors (Lipinski definition) is 1. The van der Waals surface area contributed by atoms with Crippen molar-refractivity contribution in [1.29, 1.82) is 0 Å². The molecule has 2 rings (SSSR count). The minimum Gasteiger partial charge on any atom is -0.330 e. The highest BCUT2D eigenvalue weighted by molar-refractivity contribution is 7.16. The molecule has 2 N–H and O–H groups in total. The number of halogens is 1. The lowest BCUT2D eigenvalue weighted by Crippen LogP contribution is -2.01. The van der Waals surface area contributed by atoms with Crippen LogP contribution in [0.4, 0.5) is 0 Å². The van der Waals surface area contributed by atoms with E-state index in [9.17, 15) is 0 Å². The van der Waals surface area contributed by atoms with Crippen LogP contribution in [0.1, 0.15) is 17.2 Å². The third-order valence-corrected chi connectivity index (χ3v) is 3.55. The van der Waals surface area contributed by atoms with Crippen molar-refractivity contribution in [2.45, 2.75) is 12.3 Å². The first-order valence-electron chi connectivity index (χ1n) is 3.76. The molecule has 3 heteroatoms. The van der Waals surface area contributed by atoms with Crippen LogP contribution in [0.2, 0.25) is 4.34 Å². The van der Waals surface area contributed by atoms with Gasteiger partial charge in [-0.1, -0.05) is 11.6 Å². The summed E-state index contributed by atoms with van der Waals surface area (Å²) in [6.07, 6.45) is 1.26. The van der Waals surface area contributed by atoms with Gasteiger partial charge in [0.15, 0.2) is 0 Å². The van der Waals surface area contributed by atoms with Gasteiger partial charge in [-0.2, -0.15) is 0 Å². The van der Waals surface area contributed by atoms with Crippen LogP contribution in [0.15, 0.2) is 12.1 Å². The summed E-state index contributed by atoms with van der Waals surface area (Å²) >= 11 is 7.50. The molecule has 1 nitrogen and oxygen atoms in total. The van der Waals surface area contributed by atoms with Crippen LogP contribution < -0.4 is 5.73 Å². The van der Waals surface area contributed by atoms with E-state index in [1.807, 2.05) is 6.07 Å². The van der Waals surface area contributed by atoms with E-state index in [1.165, 1.54) is 11.3 Å². The van der Waals surface area contributed by atoms with Gasteiger partial charge in [-0.05, 0) is 36.9 Å². The topological polar surface area (TPSA) is 26.0 Å². The molecular formula is C8H10ClNS. The normalized spacial score (nSPS) is 28.9. The molecule has 11 heavy (non-hydrogen) atoms. The molecule has 0 saturated heterocycles. The first kappa shape index (κ1) is 7.59. The largest absolute Gasteiger partial charge is 0.330 e. The summed E-state index contributed by atoms with van der Waals surface area (Å²) < 4.78 is 0.891. The minimum absolute atomic E-state index is 0.720. The van der Waals surface area contributed by atoms with Crippen LogP contribution >= 0.6 is 22.9 Å². The summed E-state index contributed by atoms with van der Waals surface area (Å²) in [6.45, 7) is 0.820. The van der Waals surface area contributed by atoms with E-state index in [2.05, 4.69) is 6.07 Å². The zero-order valence-electron chi connectivity index (χ0n) is 6.09. The Bertz CT molecular complexity index is 258. The molecular weight excluding hydrogens is 178 g/mol. The standard InChI is InChI=1S/C8H10ClNS/c9-8-2-1-7(11-8)6-3-5(6)4-10/h1-2,5-6H,3-4,10H2. The van der Waals surface area contributed by atoms with Gasteiger partial charge in [0.2, 0.25) is 0 Å². The molecule has 2 unspecified atom stereocenters. The second kappa shape index (κ2) is 2.77. The van der Waals surface area contributed by atoms with Crippen molar-refractivity contribution in [3.05, 3.63) is 21.3 Å². The predicted molar refractivity (Wildman–Crippen MR) is 49.2 cm³/mol. The average molecular weight is 188 g/mol. The number of hydrogen-bond acceptors (Lipinski definition) is 2. The lowest BCUT2D eigenvalue weighted by Gasteiger charge is -1.90. The average Bonchev–Trinajstić information content (AvgIpc) is 2.68. The van der Waals surface area contributed by atoms with E-state index in [0.717, 1.165) is 22.7 Å². The summed E-state index contributed by atoms with van der Waals surface area (Å²) in [5.74, 6) is 1.45. The Kier molecular flexibility index (Phi) is 1.91. The smallest absolute Gasteiger partial charge is 0.0931 e. The molecule has 60 valence electrons. The van der Waals surface area contributed by atoms with Crippen LogP contribution in [0, 0.1) is 5.92 Å². The van der Waals surface area contributed by atoms with Gasteiger partial charge < -0.3 is 5.73 Å². The lowest BCUT2D eigenvalue weighted by molar-refractivity contribution is 0.815. The van der Waals surface area contributed by atoms with E-state index >= 15 is 0 Å². The Morgan fingerprint density at radius 2 is 2.45 bits per heavy atom. The summed E-state index contributed by atoms with van der Waals surface area (Å²) in [5.41, 5.74) is 5.54. The molecule has 1 aromatic rings. The molecule has 1 aliphatic carbocycles. The fourth-order valence-electron chi connectivity index (χ4n) is 1.38. The first-order chi connectivity index (χ1) is 5.31. The number of nitrogens with two attached hydrogens (primary N) is 1. The lowest BCUT2D eigenvalue weighted by atomic mass is 10.3. The van der Waals surface area contributed by atoms with Gasteiger partial charge in [0, 0.05) is 4.88 Å². The maximum absolute atomic E-state index is 5.81. The molecule has 0 aliphatic heterocycles. The van der Waals surface area contributed by atoms with Crippen molar-refractivity contribution < 1.29 is 0 Å². The van der Waals surface area contributed by atoms with Crippen LogP contribution in [-0.4, -0.2) is 6.54 Å². The molecule has 2 atom stereocenters. The quantitative estimate of drug-likeness (QED) is 0.757. The van der Waals surface area contributed by atoms with Gasteiger partial charge in [-0.25, -0.2) is 0 Å². The Balaban J connectivity index is 2.08. The van der Waals surface area contributed by atoms with Crippen molar-refractivity contribution in [2.24, 2.45) is 11.7 Å². The predicted octanol–water partition coefficient (Wildman–Crippen LogP) is 2.46. The van der Waals surface area contributed by atoms with E-state index in [0.29, 0.717) is 0 Å². The molecule has 1 saturated carbocycles.